The first-order valence-electron chi connectivity index (χ1n) is 3.76. The summed E-state index contributed by atoms with van der Waals surface area (Å²) >= 11 is 0. The molecule has 0 spiro atoms. The van der Waals surface area contributed by atoms with Gasteiger partial charge in [0.2, 0.25) is 5.88 Å². The molecule has 0 bridgehead atoms. The van der Waals surface area contributed by atoms with Crippen molar-refractivity contribution >= 4 is 5.97 Å². The van der Waals surface area contributed by atoms with E-state index in [1.165, 1.54) is 0 Å². The molecule has 5 N–H and O–H groups in total. The monoisotopic (exact) mass is 199 g/mol. The first-order valence-corrected chi connectivity index (χ1v) is 3.76. The number of nitrogens with zero attached hydrogens (tertiary/aromatic N) is 1. The Labute approximate surface area is 78.2 Å². The fraction of sp³-hybridized carbons (Fsp3) is 0.286. The second kappa shape index (κ2) is 3.88. The average Bonchev–Trinajstić information content (AvgIpc) is 2.01. The standard InChI is InChI=1S/C7H9N3O4/c8-3(7(13)14)1-4-9-5(11)2-6(12)10-4/h2-3H,1,8H2,(H,13,14)(H2,9,10,11,12). The van der Waals surface area contributed by atoms with Gasteiger partial charge in [-0.2, -0.15) is 0 Å². The molecule has 0 aliphatic rings. The molecule has 0 fully saturated rings. The number of carboxylic acid groups (broad SMARTS) is 1. The molecular weight excluding hydrogens is 190 g/mol. The van der Waals surface area contributed by atoms with Crippen molar-refractivity contribution in [2.24, 2.45) is 5.73 Å². The molecule has 1 heterocycles. The van der Waals surface area contributed by atoms with Gasteiger partial charge in [0.1, 0.15) is 11.9 Å². The number of carbonyl (C=O) groups is 1. The van der Waals surface area contributed by atoms with Gasteiger partial charge in [-0.3, -0.25) is 9.59 Å². The molecule has 0 aliphatic heterocycles. The average molecular weight is 199 g/mol. The van der Waals surface area contributed by atoms with Crippen LogP contribution in [-0.2, 0) is 11.2 Å². The van der Waals surface area contributed by atoms with E-state index in [-0.39, 0.29) is 12.2 Å². The zero-order chi connectivity index (χ0) is 10.7. The number of rotatable bonds is 3. The van der Waals surface area contributed by atoms with Crippen LogP contribution in [0.15, 0.2) is 10.9 Å². The van der Waals surface area contributed by atoms with E-state index in [0.29, 0.717) is 0 Å². The number of carboxylic acids is 1. The highest BCUT2D eigenvalue weighted by Gasteiger charge is 2.13. The van der Waals surface area contributed by atoms with E-state index < -0.39 is 23.5 Å². The van der Waals surface area contributed by atoms with Crippen LogP contribution in [0.4, 0.5) is 0 Å². The van der Waals surface area contributed by atoms with Gasteiger partial charge in [-0.05, 0) is 0 Å². The normalized spacial score (nSPS) is 12.4. The smallest absolute Gasteiger partial charge is 0.320 e. The van der Waals surface area contributed by atoms with Gasteiger partial charge < -0.3 is 20.9 Å². The maximum absolute atomic E-state index is 10.8. The molecule has 1 atom stereocenters. The molecule has 1 rings (SSSR count). The maximum atomic E-state index is 10.8. The molecule has 1 aromatic heterocycles. The summed E-state index contributed by atoms with van der Waals surface area (Å²) < 4.78 is 0. The summed E-state index contributed by atoms with van der Waals surface area (Å²) in [4.78, 5) is 27.0. The van der Waals surface area contributed by atoms with Crippen LogP contribution in [0.25, 0.3) is 0 Å². The molecular formula is C7H9N3O4. The number of hydrogen-bond acceptors (Lipinski definition) is 5. The third-order valence-corrected chi connectivity index (χ3v) is 1.51. The Bertz CT molecular complexity index is 400. The maximum Gasteiger partial charge on any atom is 0.320 e. The lowest BCUT2D eigenvalue weighted by Gasteiger charge is -2.04. The van der Waals surface area contributed by atoms with Crippen molar-refractivity contribution in [2.45, 2.75) is 12.5 Å². The predicted molar refractivity (Wildman–Crippen MR) is 45.8 cm³/mol. The van der Waals surface area contributed by atoms with Crippen LogP contribution in [0.3, 0.4) is 0 Å². The molecule has 0 aromatic carbocycles. The zero-order valence-corrected chi connectivity index (χ0v) is 7.10. The van der Waals surface area contributed by atoms with E-state index >= 15 is 0 Å². The largest absolute Gasteiger partial charge is 0.493 e. The SMILES string of the molecule is NC(Cc1nc(O)cc(=O)[nH]1)C(=O)O. The van der Waals surface area contributed by atoms with Gasteiger partial charge in [0, 0.05) is 6.42 Å². The third kappa shape index (κ3) is 2.56. The molecule has 1 unspecified atom stereocenters. The number of aromatic amines is 1. The molecule has 14 heavy (non-hydrogen) atoms. The van der Waals surface area contributed by atoms with Crippen molar-refractivity contribution in [3.05, 3.63) is 22.2 Å². The molecule has 0 amide bonds. The number of nitrogens with one attached hydrogen (secondary N) is 1. The highest BCUT2D eigenvalue weighted by atomic mass is 16.4. The Hall–Kier alpha value is -1.89. The second-order valence-corrected chi connectivity index (χ2v) is 2.70. The number of aliphatic carboxylic acids is 1. The minimum absolute atomic E-state index is 0.0462. The van der Waals surface area contributed by atoms with Crippen LogP contribution in [0.2, 0.25) is 0 Å². The molecule has 0 saturated heterocycles. The molecule has 1 aromatic rings. The Morgan fingerprint density at radius 2 is 2.36 bits per heavy atom. The van der Waals surface area contributed by atoms with Gasteiger partial charge in [-0.15, -0.1) is 0 Å². The van der Waals surface area contributed by atoms with E-state index in [2.05, 4.69) is 9.97 Å². The zero-order valence-electron chi connectivity index (χ0n) is 7.10. The number of hydrogen-bond donors (Lipinski definition) is 4. The summed E-state index contributed by atoms with van der Waals surface area (Å²) in [7, 11) is 0. The summed E-state index contributed by atoms with van der Waals surface area (Å²) in [5.41, 5.74) is 4.65. The van der Waals surface area contributed by atoms with E-state index in [1.54, 1.807) is 0 Å². The lowest BCUT2D eigenvalue weighted by atomic mass is 10.2. The van der Waals surface area contributed by atoms with E-state index in [4.69, 9.17) is 15.9 Å². The van der Waals surface area contributed by atoms with Crippen LogP contribution in [0.5, 0.6) is 5.88 Å². The van der Waals surface area contributed by atoms with Crippen molar-refractivity contribution < 1.29 is 15.0 Å². The number of H-pyrrole nitrogens is 1. The minimum Gasteiger partial charge on any atom is -0.493 e. The molecule has 76 valence electrons. The molecule has 0 aliphatic carbocycles. The lowest BCUT2D eigenvalue weighted by Crippen LogP contribution is -2.33. The van der Waals surface area contributed by atoms with Gasteiger partial charge >= 0.3 is 5.97 Å². The summed E-state index contributed by atoms with van der Waals surface area (Å²) in [6.45, 7) is 0. The van der Waals surface area contributed by atoms with E-state index in [1.807, 2.05) is 0 Å². The van der Waals surface area contributed by atoms with E-state index in [9.17, 15) is 9.59 Å². The Kier molecular flexibility index (Phi) is 2.82. The number of aromatic hydroxyl groups is 1. The fourth-order valence-electron chi connectivity index (χ4n) is 0.886. The van der Waals surface area contributed by atoms with Crippen molar-refractivity contribution in [1.82, 2.24) is 9.97 Å². The van der Waals surface area contributed by atoms with Gasteiger partial charge in [0.15, 0.2) is 0 Å². The van der Waals surface area contributed by atoms with Gasteiger partial charge in [0.25, 0.3) is 5.56 Å². The summed E-state index contributed by atoms with van der Waals surface area (Å²) in [6, 6.07) is -0.268. The Balaban J connectivity index is 2.87. The van der Waals surface area contributed by atoms with Crippen LogP contribution in [0.1, 0.15) is 5.82 Å². The predicted octanol–water partition coefficient (Wildman–Crippen LogP) is -1.57. The van der Waals surface area contributed by atoms with Crippen LogP contribution < -0.4 is 11.3 Å². The highest BCUT2D eigenvalue weighted by molar-refractivity contribution is 5.73. The molecule has 7 heteroatoms. The van der Waals surface area contributed by atoms with Crippen LogP contribution in [0, 0.1) is 0 Å². The van der Waals surface area contributed by atoms with Crippen molar-refractivity contribution in [3.8, 4) is 5.88 Å². The lowest BCUT2D eigenvalue weighted by molar-refractivity contribution is -0.138. The minimum atomic E-state index is -1.20. The first kappa shape index (κ1) is 10.2. The first-order chi connectivity index (χ1) is 6.49. The van der Waals surface area contributed by atoms with Gasteiger partial charge in [0.05, 0.1) is 6.07 Å². The highest BCUT2D eigenvalue weighted by Crippen LogP contribution is 2.00. The van der Waals surface area contributed by atoms with Gasteiger partial charge in [-0.25, -0.2) is 4.98 Å². The molecule has 0 radical (unpaired) electrons. The molecule has 0 saturated carbocycles. The van der Waals surface area contributed by atoms with Crippen LogP contribution >= 0.6 is 0 Å². The Morgan fingerprint density at radius 3 is 2.86 bits per heavy atom. The summed E-state index contributed by atoms with van der Waals surface area (Å²) in [5.74, 6) is -1.61. The molecule has 7 nitrogen and oxygen atoms in total. The Morgan fingerprint density at radius 1 is 1.71 bits per heavy atom. The number of aromatic nitrogens is 2. The second-order valence-electron chi connectivity index (χ2n) is 2.70. The topological polar surface area (TPSA) is 129 Å². The van der Waals surface area contributed by atoms with Crippen molar-refractivity contribution in [3.63, 3.8) is 0 Å². The fourth-order valence-corrected chi connectivity index (χ4v) is 0.886. The third-order valence-electron chi connectivity index (χ3n) is 1.51. The van der Waals surface area contributed by atoms with Crippen LogP contribution in [-0.4, -0.2) is 32.2 Å². The quantitative estimate of drug-likeness (QED) is 0.465. The van der Waals surface area contributed by atoms with Crippen molar-refractivity contribution in [1.29, 1.82) is 0 Å². The van der Waals surface area contributed by atoms with Crippen molar-refractivity contribution in [2.75, 3.05) is 0 Å². The number of nitrogens with two attached hydrogens (primary N) is 1. The van der Waals surface area contributed by atoms with Gasteiger partial charge in [-0.1, -0.05) is 0 Å². The summed E-state index contributed by atoms with van der Waals surface area (Å²) in [6.07, 6.45) is -0.140. The summed E-state index contributed by atoms with van der Waals surface area (Å²) in [5, 5.41) is 17.4. The van der Waals surface area contributed by atoms with E-state index in [0.717, 1.165) is 6.07 Å².